The molecule has 0 unspecified atom stereocenters. The molecule has 0 amide bonds. The van der Waals surface area contributed by atoms with E-state index in [2.05, 4.69) is 150 Å². The number of rotatable bonds is 4. The second-order valence-electron chi connectivity index (χ2n) is 15.9. The largest absolute Gasteiger partial charge is 0.310 e. The molecule has 3 aliphatic rings. The molecule has 5 aromatic carbocycles. The second-order valence-corrected chi connectivity index (χ2v) is 15.9. The van der Waals surface area contributed by atoms with E-state index < -0.39 is 0 Å². The van der Waals surface area contributed by atoms with Gasteiger partial charge in [0, 0.05) is 22.4 Å². The topological polar surface area (TPSA) is 3.24 Å². The normalized spacial score (nSPS) is 18.2. The Morgan fingerprint density at radius 2 is 1.15 bits per heavy atom. The molecule has 0 aliphatic heterocycles. The van der Waals surface area contributed by atoms with Gasteiger partial charge in [0.1, 0.15) is 0 Å². The van der Waals surface area contributed by atoms with E-state index in [1.54, 1.807) is 0 Å². The summed E-state index contributed by atoms with van der Waals surface area (Å²) in [4.78, 5) is 2.56. The van der Waals surface area contributed by atoms with Gasteiger partial charge in [-0.05, 0) is 136 Å². The fourth-order valence-electron chi connectivity index (χ4n) is 8.95. The smallest absolute Gasteiger partial charge is 0.0543 e. The molecule has 5 aromatic rings. The number of hydrogen-bond donors (Lipinski definition) is 0. The highest BCUT2D eigenvalue weighted by Crippen LogP contribution is 2.56. The quantitative estimate of drug-likeness (QED) is 0.198. The van der Waals surface area contributed by atoms with Crippen molar-refractivity contribution < 1.29 is 0 Å². The van der Waals surface area contributed by atoms with Crippen molar-refractivity contribution in [3.05, 3.63) is 137 Å². The zero-order chi connectivity index (χ0) is 31.8. The van der Waals surface area contributed by atoms with E-state index in [-0.39, 0.29) is 16.2 Å². The van der Waals surface area contributed by atoms with Gasteiger partial charge in [-0.15, -0.1) is 0 Å². The molecule has 0 spiro atoms. The van der Waals surface area contributed by atoms with Crippen LogP contribution < -0.4 is 4.90 Å². The van der Waals surface area contributed by atoms with Crippen LogP contribution in [0.25, 0.3) is 22.3 Å². The van der Waals surface area contributed by atoms with Crippen LogP contribution in [-0.2, 0) is 29.1 Å². The maximum absolute atomic E-state index is 2.56. The van der Waals surface area contributed by atoms with Crippen LogP contribution in [0.5, 0.6) is 0 Å². The molecule has 0 heterocycles. The van der Waals surface area contributed by atoms with Crippen LogP contribution in [0.4, 0.5) is 17.1 Å². The maximum atomic E-state index is 2.56. The molecule has 1 nitrogen and oxygen atoms in total. The Morgan fingerprint density at radius 3 is 1.96 bits per heavy atom. The van der Waals surface area contributed by atoms with E-state index in [4.69, 9.17) is 0 Å². The summed E-state index contributed by atoms with van der Waals surface area (Å²) < 4.78 is 0. The first-order valence-electron chi connectivity index (χ1n) is 17.5. The summed E-state index contributed by atoms with van der Waals surface area (Å²) in [6, 6.07) is 39.7. The van der Waals surface area contributed by atoms with Gasteiger partial charge in [-0.25, -0.2) is 0 Å². The number of aryl methyl sites for hydroxylation is 2. The van der Waals surface area contributed by atoms with Crippen molar-refractivity contribution in [1.82, 2.24) is 0 Å². The summed E-state index contributed by atoms with van der Waals surface area (Å²) in [6.07, 6.45) is 7.33. The fraction of sp³-hybridized carbons (Fsp3) is 0.333. The molecule has 3 aliphatic carbocycles. The summed E-state index contributed by atoms with van der Waals surface area (Å²) in [5.74, 6) is 0. The van der Waals surface area contributed by atoms with Crippen LogP contribution in [0.15, 0.2) is 103 Å². The lowest BCUT2D eigenvalue weighted by atomic mass is 9.61. The maximum Gasteiger partial charge on any atom is 0.0543 e. The van der Waals surface area contributed by atoms with E-state index in [1.165, 1.54) is 111 Å². The minimum absolute atomic E-state index is 0.0817. The Balaban J connectivity index is 1.47. The molecule has 8 rings (SSSR count). The van der Waals surface area contributed by atoms with Gasteiger partial charge in [0.05, 0.1) is 5.69 Å². The van der Waals surface area contributed by atoms with E-state index in [0.717, 1.165) is 0 Å². The van der Waals surface area contributed by atoms with Gasteiger partial charge in [0.25, 0.3) is 0 Å². The first kappa shape index (κ1) is 29.3. The van der Waals surface area contributed by atoms with E-state index in [1.807, 2.05) is 0 Å². The Bertz CT molecular complexity index is 1970. The van der Waals surface area contributed by atoms with Crippen molar-refractivity contribution in [3.8, 4) is 22.3 Å². The summed E-state index contributed by atoms with van der Waals surface area (Å²) in [5.41, 5.74) is 18.2. The molecule has 232 valence electrons. The predicted molar refractivity (Wildman–Crippen MR) is 196 cm³/mol. The van der Waals surface area contributed by atoms with Crippen molar-refractivity contribution in [2.75, 3.05) is 4.90 Å². The van der Waals surface area contributed by atoms with Gasteiger partial charge in [-0.3, -0.25) is 0 Å². The monoisotopic (exact) mass is 601 g/mol. The lowest BCUT2D eigenvalue weighted by Crippen LogP contribution is -2.34. The van der Waals surface area contributed by atoms with Crippen LogP contribution in [0, 0.1) is 0 Å². The van der Waals surface area contributed by atoms with Gasteiger partial charge in [0.15, 0.2) is 0 Å². The van der Waals surface area contributed by atoms with Crippen LogP contribution in [0.2, 0.25) is 0 Å². The van der Waals surface area contributed by atoms with Crippen molar-refractivity contribution >= 4 is 17.1 Å². The summed E-state index contributed by atoms with van der Waals surface area (Å²) in [7, 11) is 0. The average Bonchev–Trinajstić information content (AvgIpc) is 3.29. The number of para-hydroxylation sites is 1. The van der Waals surface area contributed by atoms with Crippen LogP contribution in [-0.4, -0.2) is 0 Å². The molecular formula is C45H47N. The molecule has 1 heteroatoms. The molecule has 0 bridgehead atoms. The number of anilines is 3. The molecule has 46 heavy (non-hydrogen) atoms. The highest BCUT2D eigenvalue weighted by molar-refractivity contribution is 5.96. The SMILES string of the molecule is CC1(C)CCC(C)(C)c2c(-c3cc4c(cc3N(c3ccccc3)c3ccc5c(c3)CCCC5)C(C)(C)c3ccccc3-4)cccc21. The zero-order valence-corrected chi connectivity index (χ0v) is 28.5. The molecule has 0 saturated carbocycles. The van der Waals surface area contributed by atoms with Gasteiger partial charge in [-0.2, -0.15) is 0 Å². The summed E-state index contributed by atoms with van der Waals surface area (Å²) in [6.45, 7) is 14.6. The molecule has 0 radical (unpaired) electrons. The lowest BCUT2D eigenvalue weighted by molar-refractivity contribution is 0.333. The summed E-state index contributed by atoms with van der Waals surface area (Å²) >= 11 is 0. The third-order valence-electron chi connectivity index (χ3n) is 11.7. The number of benzene rings is 5. The molecule has 0 aromatic heterocycles. The van der Waals surface area contributed by atoms with Crippen LogP contribution >= 0.6 is 0 Å². The van der Waals surface area contributed by atoms with Gasteiger partial charge in [0.2, 0.25) is 0 Å². The van der Waals surface area contributed by atoms with Crippen LogP contribution in [0.1, 0.15) is 101 Å². The molecule has 0 atom stereocenters. The van der Waals surface area contributed by atoms with Gasteiger partial charge >= 0.3 is 0 Å². The Hall–Kier alpha value is -4.10. The molecular weight excluding hydrogens is 555 g/mol. The first-order chi connectivity index (χ1) is 22.1. The lowest BCUT2D eigenvalue weighted by Gasteiger charge is -2.43. The third kappa shape index (κ3) is 4.49. The van der Waals surface area contributed by atoms with Gasteiger partial charge < -0.3 is 4.90 Å². The highest BCUT2D eigenvalue weighted by Gasteiger charge is 2.41. The van der Waals surface area contributed by atoms with Crippen molar-refractivity contribution in [2.24, 2.45) is 0 Å². The third-order valence-corrected chi connectivity index (χ3v) is 11.7. The van der Waals surface area contributed by atoms with E-state index >= 15 is 0 Å². The molecule has 0 N–H and O–H groups in total. The Kier molecular flexibility index (Phi) is 6.67. The van der Waals surface area contributed by atoms with Crippen molar-refractivity contribution in [3.63, 3.8) is 0 Å². The Labute approximate surface area is 276 Å². The average molecular weight is 602 g/mol. The van der Waals surface area contributed by atoms with Gasteiger partial charge in [-0.1, -0.05) is 108 Å². The number of nitrogens with zero attached hydrogens (tertiary/aromatic N) is 1. The van der Waals surface area contributed by atoms with Crippen molar-refractivity contribution in [2.45, 2.75) is 96.3 Å². The number of fused-ring (bicyclic) bond motifs is 5. The Morgan fingerprint density at radius 1 is 0.478 bits per heavy atom. The minimum Gasteiger partial charge on any atom is -0.310 e. The second kappa shape index (κ2) is 10.5. The summed E-state index contributed by atoms with van der Waals surface area (Å²) in [5, 5.41) is 0. The first-order valence-corrected chi connectivity index (χ1v) is 17.5. The highest BCUT2D eigenvalue weighted by atomic mass is 15.1. The van der Waals surface area contributed by atoms with E-state index in [9.17, 15) is 0 Å². The minimum atomic E-state index is -0.0885. The van der Waals surface area contributed by atoms with Crippen molar-refractivity contribution in [1.29, 1.82) is 0 Å². The predicted octanol–water partition coefficient (Wildman–Crippen LogP) is 12.4. The standard InChI is InChI=1S/C45H47N/c1-43(2)25-26-44(3,4)42-35(20-14-22-39(42)43)37-28-36-34-19-12-13-21-38(34)45(5,6)40(36)29-41(37)46(32-17-8-7-9-18-32)33-24-23-30-15-10-11-16-31(30)27-33/h7-9,12-14,17-24,27-29H,10-11,15-16,25-26H2,1-6H3. The fourth-order valence-corrected chi connectivity index (χ4v) is 8.95. The molecule has 0 fully saturated rings. The van der Waals surface area contributed by atoms with E-state index in [0.29, 0.717) is 0 Å². The molecule has 0 saturated heterocycles. The zero-order valence-electron chi connectivity index (χ0n) is 28.5. The number of hydrogen-bond acceptors (Lipinski definition) is 1. The van der Waals surface area contributed by atoms with Crippen LogP contribution in [0.3, 0.4) is 0 Å².